The van der Waals surface area contributed by atoms with Crippen molar-refractivity contribution in [3.8, 4) is 0 Å². The van der Waals surface area contributed by atoms with Crippen molar-refractivity contribution >= 4 is 40.5 Å². The van der Waals surface area contributed by atoms with Crippen molar-refractivity contribution in [2.75, 3.05) is 6.61 Å². The Morgan fingerprint density at radius 2 is 2.19 bits per heavy atom. The molecule has 0 saturated carbocycles. The summed E-state index contributed by atoms with van der Waals surface area (Å²) in [7, 11) is 0. The lowest BCUT2D eigenvalue weighted by Gasteiger charge is -2.14. The third-order valence-corrected chi connectivity index (χ3v) is 3.31. The van der Waals surface area contributed by atoms with E-state index in [9.17, 15) is 15.0 Å². The van der Waals surface area contributed by atoms with Crippen molar-refractivity contribution in [2.45, 2.75) is 19.1 Å². The highest BCUT2D eigenvalue weighted by atomic mass is 35.5. The highest BCUT2D eigenvalue weighted by Gasteiger charge is 2.30. The molecular weight excluding hydrogens is 277 g/mol. The van der Waals surface area contributed by atoms with Crippen LogP contribution in [0.25, 0.3) is 0 Å². The molecule has 1 aromatic rings. The van der Waals surface area contributed by atoms with Crippen LogP contribution in [0, 0.1) is 0 Å². The molecule has 0 radical (unpaired) electrons. The number of aliphatic hydroxyl groups excluding tert-OH is 2. The Morgan fingerprint density at radius 1 is 1.56 bits per heavy atom. The molecule has 2 unspecified atom stereocenters. The van der Waals surface area contributed by atoms with Crippen molar-refractivity contribution in [1.29, 1.82) is 0 Å². The zero-order valence-electron chi connectivity index (χ0n) is 8.18. The summed E-state index contributed by atoms with van der Waals surface area (Å²) in [6.07, 6.45) is -3.19. The van der Waals surface area contributed by atoms with Gasteiger partial charge in [-0.05, 0) is 6.92 Å². The van der Waals surface area contributed by atoms with Gasteiger partial charge in [0.1, 0.15) is 11.3 Å². The second-order valence-corrected chi connectivity index (χ2v) is 4.73. The number of ether oxygens (including phenoxy) is 1. The Balaban J connectivity index is 2.81. The van der Waals surface area contributed by atoms with E-state index in [4.69, 9.17) is 23.2 Å². The number of nitrogens with zero attached hydrogens (tertiary/aromatic N) is 1. The fraction of sp³-hybridized carbons (Fsp3) is 0.500. The fourth-order valence-electron chi connectivity index (χ4n) is 0.970. The van der Waals surface area contributed by atoms with Crippen LogP contribution in [0.1, 0.15) is 17.9 Å². The molecule has 2 N–H and O–H groups in total. The third-order valence-electron chi connectivity index (χ3n) is 1.68. The van der Waals surface area contributed by atoms with Crippen LogP contribution in [0.15, 0.2) is 0 Å². The first-order chi connectivity index (χ1) is 7.47. The number of rotatable bonds is 4. The molecule has 16 heavy (non-hydrogen) atoms. The van der Waals surface area contributed by atoms with Crippen LogP contribution in [0.5, 0.6) is 0 Å². The first-order valence-corrected chi connectivity index (χ1v) is 5.89. The van der Waals surface area contributed by atoms with Gasteiger partial charge in [0.15, 0.2) is 10.6 Å². The lowest BCUT2D eigenvalue weighted by molar-refractivity contribution is -0.159. The van der Waals surface area contributed by atoms with Gasteiger partial charge in [-0.25, -0.2) is 9.78 Å². The van der Waals surface area contributed by atoms with Crippen LogP contribution in [-0.2, 0) is 9.53 Å². The zero-order chi connectivity index (χ0) is 12.3. The van der Waals surface area contributed by atoms with E-state index >= 15 is 0 Å². The summed E-state index contributed by atoms with van der Waals surface area (Å²) in [4.78, 5) is 14.9. The SMILES string of the molecule is CCOC(=O)C(O)C(O)c1sc(Cl)nc1Cl. The standard InChI is InChI=1S/C8H9Cl2NO4S/c1-2-15-7(14)4(13)3(12)5-6(9)11-8(10)16-5/h3-4,12-13H,2H2,1H3. The van der Waals surface area contributed by atoms with E-state index in [1.54, 1.807) is 6.92 Å². The Kier molecular flexibility index (Phi) is 4.94. The molecule has 1 heterocycles. The van der Waals surface area contributed by atoms with E-state index in [0.29, 0.717) is 0 Å². The summed E-state index contributed by atoms with van der Waals surface area (Å²) in [6.45, 7) is 1.70. The van der Waals surface area contributed by atoms with Gasteiger partial charge in [0.05, 0.1) is 11.5 Å². The summed E-state index contributed by atoms with van der Waals surface area (Å²) < 4.78 is 4.67. The number of hydrogen-bond donors (Lipinski definition) is 2. The first-order valence-electron chi connectivity index (χ1n) is 4.31. The molecular formula is C8H9Cl2NO4S. The highest BCUT2D eigenvalue weighted by Crippen LogP contribution is 2.33. The quantitative estimate of drug-likeness (QED) is 0.818. The van der Waals surface area contributed by atoms with E-state index in [1.807, 2.05) is 0 Å². The number of hydrogen-bond acceptors (Lipinski definition) is 6. The predicted molar refractivity (Wildman–Crippen MR) is 59.7 cm³/mol. The maximum absolute atomic E-state index is 11.2. The molecule has 90 valence electrons. The predicted octanol–water partition coefficient (Wildman–Crippen LogP) is 1.41. The number of esters is 1. The van der Waals surface area contributed by atoms with Crippen molar-refractivity contribution < 1.29 is 19.7 Å². The molecule has 1 aromatic heterocycles. The highest BCUT2D eigenvalue weighted by molar-refractivity contribution is 7.16. The van der Waals surface area contributed by atoms with Crippen molar-refractivity contribution in [2.24, 2.45) is 0 Å². The number of halogens is 2. The summed E-state index contributed by atoms with van der Waals surface area (Å²) in [5.74, 6) is -0.921. The van der Waals surface area contributed by atoms with E-state index in [0.717, 1.165) is 11.3 Å². The summed E-state index contributed by atoms with van der Waals surface area (Å²) in [6, 6.07) is 0. The second kappa shape index (κ2) is 5.79. The van der Waals surface area contributed by atoms with Crippen molar-refractivity contribution in [3.63, 3.8) is 0 Å². The summed E-state index contributed by atoms with van der Waals surface area (Å²) in [5, 5.41) is 19.1. The first kappa shape index (κ1) is 13.7. The van der Waals surface area contributed by atoms with Crippen molar-refractivity contribution in [3.05, 3.63) is 14.5 Å². The van der Waals surface area contributed by atoms with Crippen LogP contribution in [0.4, 0.5) is 0 Å². The maximum Gasteiger partial charge on any atom is 0.338 e. The molecule has 8 heteroatoms. The average molecular weight is 286 g/mol. The van der Waals surface area contributed by atoms with Gasteiger partial charge < -0.3 is 14.9 Å². The summed E-state index contributed by atoms with van der Waals surface area (Å²) >= 11 is 12.1. The van der Waals surface area contributed by atoms with E-state index in [-0.39, 0.29) is 21.1 Å². The number of carbonyl (C=O) groups excluding carboxylic acids is 1. The van der Waals surface area contributed by atoms with Crippen molar-refractivity contribution in [1.82, 2.24) is 4.98 Å². The molecule has 0 bridgehead atoms. The Morgan fingerprint density at radius 3 is 2.62 bits per heavy atom. The van der Waals surface area contributed by atoms with E-state index in [1.165, 1.54) is 0 Å². The lowest BCUT2D eigenvalue weighted by atomic mass is 10.2. The van der Waals surface area contributed by atoms with Gasteiger partial charge in [-0.3, -0.25) is 0 Å². The molecule has 0 saturated heterocycles. The maximum atomic E-state index is 11.2. The lowest BCUT2D eigenvalue weighted by Crippen LogP contribution is -2.29. The Hall–Kier alpha value is -0.400. The molecule has 0 aliphatic heterocycles. The number of aromatic nitrogens is 1. The van der Waals surface area contributed by atoms with E-state index < -0.39 is 18.2 Å². The Bertz CT molecular complexity index is 384. The third kappa shape index (κ3) is 3.05. The molecule has 1 rings (SSSR count). The van der Waals surface area contributed by atoms with E-state index in [2.05, 4.69) is 9.72 Å². The number of carbonyl (C=O) groups is 1. The normalized spacial score (nSPS) is 14.6. The van der Waals surface area contributed by atoms with Crippen LogP contribution < -0.4 is 0 Å². The molecule has 5 nitrogen and oxygen atoms in total. The van der Waals surface area contributed by atoms with Gasteiger partial charge in [0, 0.05) is 0 Å². The number of aliphatic hydroxyl groups is 2. The minimum Gasteiger partial charge on any atom is -0.464 e. The molecule has 0 aromatic carbocycles. The van der Waals surface area contributed by atoms with Crippen LogP contribution >= 0.6 is 34.5 Å². The monoisotopic (exact) mass is 285 g/mol. The Labute approximate surface area is 106 Å². The molecule has 0 fully saturated rings. The van der Waals surface area contributed by atoms with Gasteiger partial charge >= 0.3 is 5.97 Å². The largest absolute Gasteiger partial charge is 0.464 e. The molecule has 0 spiro atoms. The molecule has 0 aliphatic carbocycles. The van der Waals surface area contributed by atoms with Gasteiger partial charge in [0.25, 0.3) is 0 Å². The minimum absolute atomic E-state index is 0.0363. The zero-order valence-corrected chi connectivity index (χ0v) is 10.5. The van der Waals surface area contributed by atoms with Crippen LogP contribution in [0.2, 0.25) is 9.62 Å². The van der Waals surface area contributed by atoms with Gasteiger partial charge in [-0.2, -0.15) is 0 Å². The van der Waals surface area contributed by atoms with Crippen LogP contribution in [0.3, 0.4) is 0 Å². The summed E-state index contributed by atoms with van der Waals surface area (Å²) in [5.41, 5.74) is 0. The molecule has 0 aliphatic rings. The van der Waals surface area contributed by atoms with Gasteiger partial charge in [-0.15, -0.1) is 11.3 Å². The molecule has 0 amide bonds. The second-order valence-electron chi connectivity index (χ2n) is 2.76. The van der Waals surface area contributed by atoms with Gasteiger partial charge in [0.2, 0.25) is 0 Å². The minimum atomic E-state index is -1.70. The van der Waals surface area contributed by atoms with Crippen LogP contribution in [-0.4, -0.2) is 33.9 Å². The fourth-order valence-corrected chi connectivity index (χ4v) is 2.41. The average Bonchev–Trinajstić information content (AvgIpc) is 2.56. The topological polar surface area (TPSA) is 79.7 Å². The smallest absolute Gasteiger partial charge is 0.338 e. The molecule has 2 atom stereocenters. The number of thiazole rings is 1. The van der Waals surface area contributed by atoms with Gasteiger partial charge in [-0.1, -0.05) is 23.2 Å².